The Balaban J connectivity index is 2.31. The van der Waals surface area contributed by atoms with Crippen LogP contribution in [0.15, 0.2) is 12.2 Å². The molecule has 1 atom stereocenters. The summed E-state index contributed by atoms with van der Waals surface area (Å²) in [6.45, 7) is 8.74. The fraction of sp³-hybridized carbons (Fsp3) is 0.769. The minimum absolute atomic E-state index is 0.279. The third kappa shape index (κ3) is 4.48. The molecule has 1 heterocycles. The average Bonchev–Trinajstić information content (AvgIpc) is 2.64. The van der Waals surface area contributed by atoms with Gasteiger partial charge < -0.3 is 14.5 Å². The van der Waals surface area contributed by atoms with Crippen molar-refractivity contribution in [2.24, 2.45) is 0 Å². The van der Waals surface area contributed by atoms with Gasteiger partial charge in [0.2, 0.25) is 0 Å². The maximum atomic E-state index is 11.4. The molecule has 98 valence electrons. The first-order valence-electron chi connectivity index (χ1n) is 6.28. The monoisotopic (exact) mass is 240 g/mol. The van der Waals surface area contributed by atoms with E-state index in [0.29, 0.717) is 24.8 Å². The van der Waals surface area contributed by atoms with Crippen molar-refractivity contribution in [3.05, 3.63) is 12.2 Å². The summed E-state index contributed by atoms with van der Waals surface area (Å²) < 4.78 is 4.92. The molecular weight excluding hydrogens is 216 g/mol. The Kier molecular flexibility index (Phi) is 5.65. The van der Waals surface area contributed by atoms with Crippen molar-refractivity contribution >= 4 is 5.97 Å². The highest BCUT2D eigenvalue weighted by molar-refractivity contribution is 5.88. The van der Waals surface area contributed by atoms with Gasteiger partial charge in [0.1, 0.15) is 0 Å². The largest absolute Gasteiger partial charge is 0.463 e. The van der Waals surface area contributed by atoms with Crippen molar-refractivity contribution in [2.75, 3.05) is 40.3 Å². The molecule has 0 saturated carbocycles. The van der Waals surface area contributed by atoms with Crippen molar-refractivity contribution in [3.63, 3.8) is 0 Å². The molecule has 1 aliphatic heterocycles. The van der Waals surface area contributed by atoms with E-state index in [1.165, 1.54) is 19.4 Å². The van der Waals surface area contributed by atoms with Crippen LogP contribution < -0.4 is 0 Å². The van der Waals surface area contributed by atoms with Gasteiger partial charge in [0, 0.05) is 24.7 Å². The molecule has 1 fully saturated rings. The van der Waals surface area contributed by atoms with Gasteiger partial charge in [-0.15, -0.1) is 0 Å². The molecule has 0 aliphatic carbocycles. The minimum atomic E-state index is -0.279. The molecule has 1 aliphatic rings. The summed E-state index contributed by atoms with van der Waals surface area (Å²) in [5, 5.41) is 0. The SMILES string of the molecule is C=C(CN(C)CC1CCCN1C)C(=O)OCC. The molecule has 0 spiro atoms. The first kappa shape index (κ1) is 14.2. The molecule has 4 heteroatoms. The molecule has 1 unspecified atom stereocenters. The fourth-order valence-corrected chi connectivity index (χ4v) is 2.26. The van der Waals surface area contributed by atoms with Crippen LogP contribution in [0, 0.1) is 0 Å². The fourth-order valence-electron chi connectivity index (χ4n) is 2.26. The Labute approximate surface area is 104 Å². The summed E-state index contributed by atoms with van der Waals surface area (Å²) in [5.74, 6) is -0.279. The number of nitrogens with zero attached hydrogens (tertiary/aromatic N) is 2. The summed E-state index contributed by atoms with van der Waals surface area (Å²) >= 11 is 0. The summed E-state index contributed by atoms with van der Waals surface area (Å²) in [6, 6.07) is 0.606. The van der Waals surface area contributed by atoms with Crippen LogP contribution in [0.5, 0.6) is 0 Å². The van der Waals surface area contributed by atoms with Gasteiger partial charge in [0.05, 0.1) is 6.61 Å². The Morgan fingerprint density at radius 1 is 1.59 bits per heavy atom. The van der Waals surface area contributed by atoms with Gasteiger partial charge in [-0.2, -0.15) is 0 Å². The number of rotatable bonds is 6. The Bertz CT molecular complexity index is 279. The number of esters is 1. The number of carbonyl (C=O) groups is 1. The normalized spacial score (nSPS) is 20.8. The zero-order valence-electron chi connectivity index (χ0n) is 11.2. The van der Waals surface area contributed by atoms with Gasteiger partial charge in [-0.05, 0) is 40.4 Å². The van der Waals surface area contributed by atoms with E-state index in [1.807, 2.05) is 14.0 Å². The van der Waals surface area contributed by atoms with Gasteiger partial charge in [0.15, 0.2) is 0 Å². The number of carbonyl (C=O) groups excluding carboxylic acids is 1. The van der Waals surface area contributed by atoms with Crippen LogP contribution in [0.25, 0.3) is 0 Å². The van der Waals surface area contributed by atoms with Crippen molar-refractivity contribution in [3.8, 4) is 0 Å². The molecule has 4 nitrogen and oxygen atoms in total. The Hall–Kier alpha value is -0.870. The van der Waals surface area contributed by atoms with Crippen molar-refractivity contribution in [2.45, 2.75) is 25.8 Å². The minimum Gasteiger partial charge on any atom is -0.463 e. The summed E-state index contributed by atoms with van der Waals surface area (Å²) in [7, 11) is 4.18. The lowest BCUT2D eigenvalue weighted by molar-refractivity contribution is -0.138. The number of hydrogen-bond acceptors (Lipinski definition) is 4. The van der Waals surface area contributed by atoms with Crippen LogP contribution in [0.2, 0.25) is 0 Å². The topological polar surface area (TPSA) is 32.8 Å². The predicted octanol–water partition coefficient (Wildman–Crippen LogP) is 1.13. The molecule has 1 rings (SSSR count). The molecular formula is C13H24N2O2. The van der Waals surface area contributed by atoms with Gasteiger partial charge in [-0.1, -0.05) is 6.58 Å². The Morgan fingerprint density at radius 3 is 2.82 bits per heavy atom. The van der Waals surface area contributed by atoms with E-state index < -0.39 is 0 Å². The van der Waals surface area contributed by atoms with Crippen LogP contribution in [-0.4, -0.2) is 62.1 Å². The first-order chi connectivity index (χ1) is 8.04. The molecule has 0 aromatic rings. The van der Waals surface area contributed by atoms with Crippen molar-refractivity contribution in [1.82, 2.24) is 9.80 Å². The van der Waals surface area contributed by atoms with Crippen LogP contribution >= 0.6 is 0 Å². The number of likely N-dealkylation sites (N-methyl/N-ethyl adjacent to an activating group) is 2. The lowest BCUT2D eigenvalue weighted by Gasteiger charge is -2.25. The maximum Gasteiger partial charge on any atom is 0.334 e. The molecule has 1 saturated heterocycles. The molecule has 0 N–H and O–H groups in total. The third-order valence-electron chi connectivity index (χ3n) is 3.22. The lowest BCUT2D eigenvalue weighted by atomic mass is 10.2. The predicted molar refractivity (Wildman–Crippen MR) is 68.9 cm³/mol. The number of hydrogen-bond donors (Lipinski definition) is 0. The molecule has 0 radical (unpaired) electrons. The molecule has 0 amide bonds. The van der Waals surface area contributed by atoms with E-state index in [-0.39, 0.29) is 5.97 Å². The number of likely N-dealkylation sites (tertiary alicyclic amines) is 1. The van der Waals surface area contributed by atoms with E-state index in [2.05, 4.69) is 23.4 Å². The second-order valence-electron chi connectivity index (χ2n) is 4.80. The summed E-state index contributed by atoms with van der Waals surface area (Å²) in [4.78, 5) is 15.9. The third-order valence-corrected chi connectivity index (χ3v) is 3.22. The second-order valence-corrected chi connectivity index (χ2v) is 4.80. The lowest BCUT2D eigenvalue weighted by Crippen LogP contribution is -2.38. The van der Waals surface area contributed by atoms with E-state index in [0.717, 1.165) is 6.54 Å². The van der Waals surface area contributed by atoms with Gasteiger partial charge in [-0.3, -0.25) is 0 Å². The molecule has 0 aromatic heterocycles. The maximum absolute atomic E-state index is 11.4. The Morgan fingerprint density at radius 2 is 2.29 bits per heavy atom. The smallest absolute Gasteiger partial charge is 0.334 e. The second kappa shape index (κ2) is 6.77. The van der Waals surface area contributed by atoms with Crippen molar-refractivity contribution in [1.29, 1.82) is 0 Å². The molecule has 0 aromatic carbocycles. The highest BCUT2D eigenvalue weighted by atomic mass is 16.5. The number of ether oxygens (including phenoxy) is 1. The van der Waals surface area contributed by atoms with Gasteiger partial charge in [-0.25, -0.2) is 4.79 Å². The highest BCUT2D eigenvalue weighted by Crippen LogP contribution is 2.15. The first-order valence-corrected chi connectivity index (χ1v) is 6.28. The summed E-state index contributed by atoms with van der Waals surface area (Å²) in [6.07, 6.45) is 2.51. The van der Waals surface area contributed by atoms with Crippen LogP contribution in [0.1, 0.15) is 19.8 Å². The standard InChI is InChI=1S/C13H24N2O2/c1-5-17-13(16)11(2)9-14(3)10-12-7-6-8-15(12)4/h12H,2,5-10H2,1,3-4H3. The molecule has 17 heavy (non-hydrogen) atoms. The van der Waals surface area contributed by atoms with E-state index >= 15 is 0 Å². The average molecular weight is 240 g/mol. The van der Waals surface area contributed by atoms with Crippen LogP contribution in [0.4, 0.5) is 0 Å². The zero-order chi connectivity index (χ0) is 12.8. The van der Waals surface area contributed by atoms with Gasteiger partial charge >= 0.3 is 5.97 Å². The van der Waals surface area contributed by atoms with Crippen LogP contribution in [-0.2, 0) is 9.53 Å². The van der Waals surface area contributed by atoms with Crippen LogP contribution in [0.3, 0.4) is 0 Å². The summed E-state index contributed by atoms with van der Waals surface area (Å²) in [5.41, 5.74) is 0.537. The zero-order valence-corrected chi connectivity index (χ0v) is 11.2. The van der Waals surface area contributed by atoms with Crippen molar-refractivity contribution < 1.29 is 9.53 Å². The van der Waals surface area contributed by atoms with E-state index in [9.17, 15) is 4.79 Å². The highest BCUT2D eigenvalue weighted by Gasteiger charge is 2.22. The molecule has 0 bridgehead atoms. The van der Waals surface area contributed by atoms with E-state index in [1.54, 1.807) is 0 Å². The van der Waals surface area contributed by atoms with E-state index in [4.69, 9.17) is 4.74 Å². The quantitative estimate of drug-likeness (QED) is 0.515. The van der Waals surface area contributed by atoms with Gasteiger partial charge in [0.25, 0.3) is 0 Å².